The first-order chi connectivity index (χ1) is 12.2. The van der Waals surface area contributed by atoms with Crippen LogP contribution in [-0.2, 0) is 11.3 Å². The van der Waals surface area contributed by atoms with Gasteiger partial charge in [0.25, 0.3) is 0 Å². The molecule has 2 aliphatic heterocycles. The molecule has 1 amide bonds. The largest absolute Gasteiger partial charge is 0.366 e. The van der Waals surface area contributed by atoms with E-state index >= 15 is 0 Å². The van der Waals surface area contributed by atoms with E-state index in [1.54, 1.807) is 0 Å². The van der Waals surface area contributed by atoms with E-state index in [4.69, 9.17) is 0 Å². The molecule has 0 saturated carbocycles. The van der Waals surface area contributed by atoms with Gasteiger partial charge in [-0.1, -0.05) is 24.3 Å². The molecule has 1 saturated heterocycles. The summed E-state index contributed by atoms with van der Waals surface area (Å²) in [5, 5.41) is 0. The third-order valence-electron chi connectivity index (χ3n) is 5.55. The summed E-state index contributed by atoms with van der Waals surface area (Å²) >= 11 is 0. The predicted molar refractivity (Wildman–Crippen MR) is 99.6 cm³/mol. The molecular weight excluding hydrogens is 310 g/mol. The molecule has 1 fully saturated rings. The van der Waals surface area contributed by atoms with Crippen LogP contribution in [-0.4, -0.2) is 35.4 Å². The Morgan fingerprint density at radius 2 is 2.04 bits per heavy atom. The minimum atomic E-state index is 0.328. The Bertz CT molecular complexity index is 773. The van der Waals surface area contributed by atoms with Crippen LogP contribution < -0.4 is 4.90 Å². The van der Waals surface area contributed by atoms with Crippen LogP contribution in [0.25, 0.3) is 0 Å². The zero-order valence-corrected chi connectivity index (χ0v) is 14.8. The maximum atomic E-state index is 11.9. The number of para-hydroxylation sites is 1. The van der Waals surface area contributed by atoms with Crippen LogP contribution in [0.4, 0.5) is 5.69 Å². The van der Waals surface area contributed by atoms with Crippen molar-refractivity contribution in [2.75, 3.05) is 24.5 Å². The predicted octanol–water partition coefficient (Wildman–Crippen LogP) is 3.51. The summed E-state index contributed by atoms with van der Waals surface area (Å²) < 4.78 is 0. The Morgan fingerprint density at radius 3 is 2.84 bits per heavy atom. The summed E-state index contributed by atoms with van der Waals surface area (Å²) in [4.78, 5) is 20.8. The van der Waals surface area contributed by atoms with E-state index in [1.165, 1.54) is 16.8 Å². The van der Waals surface area contributed by atoms with Crippen molar-refractivity contribution in [3.8, 4) is 0 Å². The van der Waals surface area contributed by atoms with Crippen molar-refractivity contribution in [1.82, 2.24) is 9.88 Å². The average Bonchev–Trinajstić information content (AvgIpc) is 3.19. The van der Waals surface area contributed by atoms with Gasteiger partial charge in [0.05, 0.1) is 0 Å². The van der Waals surface area contributed by atoms with E-state index < -0.39 is 0 Å². The van der Waals surface area contributed by atoms with E-state index in [0.717, 1.165) is 51.1 Å². The van der Waals surface area contributed by atoms with E-state index in [1.807, 2.05) is 17.2 Å². The minimum absolute atomic E-state index is 0.328. The monoisotopic (exact) mass is 335 g/mol. The molecule has 0 N–H and O–H groups in total. The van der Waals surface area contributed by atoms with Gasteiger partial charge in [0.2, 0.25) is 5.91 Å². The third-order valence-corrected chi connectivity index (χ3v) is 5.55. The number of benzene rings is 1. The molecule has 0 unspecified atom stereocenters. The number of nitrogens with zero attached hydrogens (tertiary/aromatic N) is 3. The molecule has 25 heavy (non-hydrogen) atoms. The molecule has 4 heteroatoms. The summed E-state index contributed by atoms with van der Waals surface area (Å²) in [6.07, 6.45) is 4.65. The van der Waals surface area contributed by atoms with Crippen LogP contribution in [0.1, 0.15) is 42.0 Å². The topological polar surface area (TPSA) is 36.4 Å². The van der Waals surface area contributed by atoms with Gasteiger partial charge in [0, 0.05) is 56.1 Å². The lowest BCUT2D eigenvalue weighted by Gasteiger charge is -2.22. The Hall–Kier alpha value is -2.36. The third kappa shape index (κ3) is 3.26. The number of anilines is 1. The van der Waals surface area contributed by atoms with Crippen molar-refractivity contribution < 1.29 is 4.79 Å². The second kappa shape index (κ2) is 6.87. The fraction of sp³-hybridized carbons (Fsp3) is 0.429. The zero-order chi connectivity index (χ0) is 17.2. The summed E-state index contributed by atoms with van der Waals surface area (Å²) in [5.74, 6) is 0.829. The van der Waals surface area contributed by atoms with Crippen LogP contribution in [0.3, 0.4) is 0 Å². The molecule has 0 aliphatic carbocycles. The van der Waals surface area contributed by atoms with Gasteiger partial charge in [-0.15, -0.1) is 0 Å². The molecule has 130 valence electrons. The molecule has 2 aliphatic rings. The fourth-order valence-electron chi connectivity index (χ4n) is 4.12. The maximum absolute atomic E-state index is 11.9. The first-order valence-corrected chi connectivity index (χ1v) is 9.24. The Morgan fingerprint density at radius 1 is 1.16 bits per heavy atom. The second-order valence-corrected chi connectivity index (χ2v) is 7.16. The highest BCUT2D eigenvalue weighted by molar-refractivity contribution is 5.78. The fourth-order valence-corrected chi connectivity index (χ4v) is 4.12. The Balaban J connectivity index is 1.49. The zero-order valence-electron chi connectivity index (χ0n) is 14.8. The smallest absolute Gasteiger partial charge is 0.222 e. The van der Waals surface area contributed by atoms with Gasteiger partial charge in [-0.3, -0.25) is 9.78 Å². The van der Waals surface area contributed by atoms with Gasteiger partial charge in [-0.05, 0) is 43.0 Å². The van der Waals surface area contributed by atoms with Crippen LogP contribution in [0, 0.1) is 6.92 Å². The lowest BCUT2D eigenvalue weighted by atomic mass is 9.98. The van der Waals surface area contributed by atoms with Crippen molar-refractivity contribution in [2.45, 2.75) is 38.6 Å². The number of aromatic nitrogens is 1. The molecule has 1 aromatic heterocycles. The lowest BCUT2D eigenvalue weighted by Crippen LogP contribution is -2.28. The summed E-state index contributed by atoms with van der Waals surface area (Å²) in [6, 6.07) is 12.9. The van der Waals surface area contributed by atoms with Gasteiger partial charge < -0.3 is 9.80 Å². The summed E-state index contributed by atoms with van der Waals surface area (Å²) in [7, 11) is 0. The van der Waals surface area contributed by atoms with Crippen LogP contribution >= 0.6 is 0 Å². The Labute approximate surface area is 149 Å². The quantitative estimate of drug-likeness (QED) is 0.839. The van der Waals surface area contributed by atoms with Crippen molar-refractivity contribution in [3.63, 3.8) is 0 Å². The highest BCUT2D eigenvalue weighted by atomic mass is 16.2. The number of rotatable bonds is 5. The lowest BCUT2D eigenvalue weighted by molar-refractivity contribution is -0.127. The standard InChI is InChI=1S/C21H25N3O/c1-16-17(6-4-11-22-16)14-24-15-18(19-7-2-3-8-20(19)24)10-13-23-12-5-9-21(23)25/h2-4,6-8,11,18H,5,9-10,12-15H2,1H3/t18-/m0/s1. The van der Waals surface area contributed by atoms with Gasteiger partial charge in [-0.25, -0.2) is 0 Å². The maximum Gasteiger partial charge on any atom is 0.222 e. The number of hydrogen-bond acceptors (Lipinski definition) is 3. The number of fused-ring (bicyclic) bond motifs is 1. The number of likely N-dealkylation sites (tertiary alicyclic amines) is 1. The van der Waals surface area contributed by atoms with Crippen LogP contribution in [0.5, 0.6) is 0 Å². The SMILES string of the molecule is Cc1ncccc1CN1C[C@H](CCN2CCCC2=O)c2ccccc21. The molecule has 1 atom stereocenters. The first kappa shape index (κ1) is 16.1. The van der Waals surface area contributed by atoms with Crippen molar-refractivity contribution in [1.29, 1.82) is 0 Å². The summed E-state index contributed by atoms with van der Waals surface area (Å²) in [5.41, 5.74) is 5.15. The number of pyridine rings is 1. The average molecular weight is 335 g/mol. The van der Waals surface area contributed by atoms with Gasteiger partial charge in [0.1, 0.15) is 0 Å². The van der Waals surface area contributed by atoms with Crippen LogP contribution in [0.2, 0.25) is 0 Å². The van der Waals surface area contributed by atoms with Gasteiger partial charge in [-0.2, -0.15) is 0 Å². The molecule has 3 heterocycles. The van der Waals surface area contributed by atoms with E-state index in [2.05, 4.69) is 47.1 Å². The molecule has 2 aromatic rings. The number of carbonyl (C=O) groups is 1. The van der Waals surface area contributed by atoms with Crippen molar-refractivity contribution in [3.05, 3.63) is 59.4 Å². The minimum Gasteiger partial charge on any atom is -0.366 e. The highest BCUT2D eigenvalue weighted by Crippen LogP contribution is 2.39. The second-order valence-electron chi connectivity index (χ2n) is 7.16. The number of aryl methyl sites for hydroxylation is 1. The normalized spacial score (nSPS) is 19.6. The highest BCUT2D eigenvalue weighted by Gasteiger charge is 2.30. The van der Waals surface area contributed by atoms with Crippen molar-refractivity contribution >= 4 is 11.6 Å². The molecule has 4 nitrogen and oxygen atoms in total. The van der Waals surface area contributed by atoms with Crippen molar-refractivity contribution in [2.24, 2.45) is 0 Å². The van der Waals surface area contributed by atoms with Gasteiger partial charge >= 0.3 is 0 Å². The molecule has 0 radical (unpaired) electrons. The molecule has 4 rings (SSSR count). The van der Waals surface area contributed by atoms with E-state index in [9.17, 15) is 4.79 Å². The molecule has 1 aromatic carbocycles. The van der Waals surface area contributed by atoms with E-state index in [-0.39, 0.29) is 0 Å². The first-order valence-electron chi connectivity index (χ1n) is 9.24. The summed E-state index contributed by atoms with van der Waals surface area (Å²) in [6.45, 7) is 5.82. The Kier molecular flexibility index (Phi) is 4.43. The number of hydrogen-bond donors (Lipinski definition) is 0. The molecular formula is C21H25N3O. The number of carbonyl (C=O) groups excluding carboxylic acids is 1. The van der Waals surface area contributed by atoms with E-state index in [0.29, 0.717) is 11.8 Å². The number of amides is 1. The van der Waals surface area contributed by atoms with Crippen LogP contribution in [0.15, 0.2) is 42.6 Å². The van der Waals surface area contributed by atoms with Gasteiger partial charge in [0.15, 0.2) is 0 Å². The molecule has 0 bridgehead atoms. The molecule has 0 spiro atoms.